The van der Waals surface area contributed by atoms with Gasteiger partial charge in [-0.1, -0.05) is 42.8 Å². The Kier molecular flexibility index (Phi) is 7.16. The van der Waals surface area contributed by atoms with Crippen molar-refractivity contribution in [2.45, 2.75) is 50.3 Å². The first-order valence-electron chi connectivity index (χ1n) is 10.7. The average Bonchev–Trinajstić information content (AvgIpc) is 3.28. The summed E-state index contributed by atoms with van der Waals surface area (Å²) in [7, 11) is 0. The fraction of sp³-hybridized carbons (Fsp3) is 0.500. The predicted octanol–water partition coefficient (Wildman–Crippen LogP) is 2.89. The highest BCUT2D eigenvalue weighted by Gasteiger charge is 2.42. The molecule has 168 valence electrons. The van der Waals surface area contributed by atoms with Gasteiger partial charge in [-0.3, -0.25) is 0 Å². The maximum Gasteiger partial charge on any atom is 0.124 e. The number of hydrogen-bond acceptors (Lipinski definition) is 6. The van der Waals surface area contributed by atoms with Crippen molar-refractivity contribution < 1.29 is 29.5 Å². The zero-order chi connectivity index (χ0) is 22.0. The Morgan fingerprint density at radius 1 is 1.10 bits per heavy atom. The van der Waals surface area contributed by atoms with Gasteiger partial charge in [0.05, 0.1) is 32.0 Å². The first kappa shape index (κ1) is 22.5. The van der Waals surface area contributed by atoms with Crippen LogP contribution < -0.4 is 4.74 Å². The summed E-state index contributed by atoms with van der Waals surface area (Å²) in [6, 6.07) is 13.5. The number of hydrogen-bond donors (Lipinski definition) is 3. The maximum atomic E-state index is 10.6. The lowest BCUT2D eigenvalue weighted by atomic mass is 9.84. The molecule has 2 aliphatic heterocycles. The topological polar surface area (TPSA) is 88.4 Å². The number of ether oxygens (including phenoxy) is 3. The van der Waals surface area contributed by atoms with E-state index in [2.05, 4.69) is 0 Å². The van der Waals surface area contributed by atoms with Crippen molar-refractivity contribution in [2.24, 2.45) is 5.92 Å². The van der Waals surface area contributed by atoms with Crippen LogP contribution in [-0.4, -0.2) is 59.6 Å². The van der Waals surface area contributed by atoms with Gasteiger partial charge in [0.25, 0.3) is 0 Å². The number of aliphatic hydroxyl groups excluding tert-OH is 3. The molecule has 31 heavy (non-hydrogen) atoms. The second-order valence-electron chi connectivity index (χ2n) is 8.39. The molecule has 0 spiro atoms. The van der Waals surface area contributed by atoms with E-state index in [1.165, 1.54) is 0 Å². The summed E-state index contributed by atoms with van der Waals surface area (Å²) in [5.41, 5.74) is 2.76. The molecule has 2 aromatic carbocycles. The summed E-state index contributed by atoms with van der Waals surface area (Å²) < 4.78 is 17.1. The van der Waals surface area contributed by atoms with Gasteiger partial charge in [0.15, 0.2) is 0 Å². The second kappa shape index (κ2) is 9.86. The molecule has 2 aromatic rings. The van der Waals surface area contributed by atoms with E-state index >= 15 is 0 Å². The normalized spacial score (nSPS) is 31.0. The SMILES string of the molecule is CC1C(O)C(CO)OC(c2ccc(Cl)c(Cc3ccc(OC4CCOC4)cc3)c2)C1O. The van der Waals surface area contributed by atoms with Crippen molar-refractivity contribution in [3.63, 3.8) is 0 Å². The molecular weight excluding hydrogens is 420 g/mol. The van der Waals surface area contributed by atoms with Crippen LogP contribution in [0.25, 0.3) is 0 Å². The third-order valence-electron chi connectivity index (χ3n) is 6.18. The van der Waals surface area contributed by atoms with Crippen molar-refractivity contribution in [3.05, 3.63) is 64.2 Å². The lowest BCUT2D eigenvalue weighted by molar-refractivity contribution is -0.207. The first-order valence-corrected chi connectivity index (χ1v) is 11.1. The summed E-state index contributed by atoms with van der Waals surface area (Å²) >= 11 is 6.45. The Labute approximate surface area is 187 Å². The highest BCUT2D eigenvalue weighted by molar-refractivity contribution is 6.31. The minimum absolute atomic E-state index is 0.113. The van der Waals surface area contributed by atoms with E-state index in [0.717, 1.165) is 35.5 Å². The third kappa shape index (κ3) is 5.06. The monoisotopic (exact) mass is 448 g/mol. The molecule has 7 heteroatoms. The minimum atomic E-state index is -0.917. The Bertz CT molecular complexity index is 865. The van der Waals surface area contributed by atoms with Gasteiger partial charge in [0.2, 0.25) is 0 Å². The zero-order valence-corrected chi connectivity index (χ0v) is 18.2. The van der Waals surface area contributed by atoms with E-state index in [4.69, 9.17) is 25.8 Å². The van der Waals surface area contributed by atoms with Crippen LogP contribution in [0.3, 0.4) is 0 Å². The van der Waals surface area contributed by atoms with Crippen molar-refractivity contribution >= 4 is 11.6 Å². The maximum absolute atomic E-state index is 10.6. The lowest BCUT2D eigenvalue weighted by Crippen LogP contribution is -2.50. The van der Waals surface area contributed by atoms with Crippen LogP contribution in [0, 0.1) is 5.92 Å². The number of rotatable bonds is 6. The molecule has 0 aliphatic carbocycles. The van der Waals surface area contributed by atoms with E-state index in [0.29, 0.717) is 18.1 Å². The van der Waals surface area contributed by atoms with Crippen LogP contribution in [0.15, 0.2) is 42.5 Å². The summed E-state index contributed by atoms with van der Waals surface area (Å²) in [4.78, 5) is 0. The Hall–Kier alpha value is -1.67. The summed E-state index contributed by atoms with van der Waals surface area (Å²) in [6.45, 7) is 2.82. The molecule has 2 aliphatic rings. The highest BCUT2D eigenvalue weighted by atomic mass is 35.5. The molecule has 2 fully saturated rings. The van der Waals surface area contributed by atoms with Crippen molar-refractivity contribution in [1.82, 2.24) is 0 Å². The lowest BCUT2D eigenvalue weighted by Gasteiger charge is -2.41. The summed E-state index contributed by atoms with van der Waals surface area (Å²) in [5, 5.41) is 31.0. The molecule has 0 saturated carbocycles. The molecule has 6 unspecified atom stereocenters. The van der Waals surface area contributed by atoms with Gasteiger partial charge in [-0.25, -0.2) is 0 Å². The Morgan fingerprint density at radius 3 is 2.55 bits per heavy atom. The standard InChI is InChI=1S/C24H29ClO6/c1-14-22(27)21(12-26)31-24(23(14)28)16-4-7-20(25)17(11-16)10-15-2-5-18(6-3-15)30-19-8-9-29-13-19/h2-7,11,14,19,21-24,26-28H,8-10,12-13H2,1H3. The Balaban J connectivity index is 1.49. The molecule has 6 nitrogen and oxygen atoms in total. The highest BCUT2D eigenvalue weighted by Crippen LogP contribution is 2.37. The molecule has 6 atom stereocenters. The van der Waals surface area contributed by atoms with Gasteiger partial charge in [0.1, 0.15) is 24.1 Å². The number of benzene rings is 2. The summed E-state index contributed by atoms with van der Waals surface area (Å²) in [6.07, 6.45) is -1.54. The molecule has 0 radical (unpaired) electrons. The molecule has 0 aromatic heterocycles. The van der Waals surface area contributed by atoms with Crippen LogP contribution in [0.1, 0.15) is 36.1 Å². The van der Waals surface area contributed by atoms with Crippen LogP contribution >= 0.6 is 11.6 Å². The smallest absolute Gasteiger partial charge is 0.124 e. The van der Waals surface area contributed by atoms with Crippen molar-refractivity contribution in [1.29, 1.82) is 0 Å². The van der Waals surface area contributed by atoms with Gasteiger partial charge in [-0.05, 0) is 41.3 Å². The molecule has 2 heterocycles. The first-order chi connectivity index (χ1) is 15.0. The van der Waals surface area contributed by atoms with Crippen LogP contribution in [0.5, 0.6) is 5.75 Å². The van der Waals surface area contributed by atoms with E-state index < -0.39 is 30.3 Å². The molecule has 0 bridgehead atoms. The fourth-order valence-corrected chi connectivity index (χ4v) is 4.39. The van der Waals surface area contributed by atoms with Gasteiger partial charge < -0.3 is 29.5 Å². The molecule has 2 saturated heterocycles. The predicted molar refractivity (Wildman–Crippen MR) is 116 cm³/mol. The molecule has 4 rings (SSSR count). The summed E-state index contributed by atoms with van der Waals surface area (Å²) in [5.74, 6) is 0.397. The van der Waals surface area contributed by atoms with E-state index in [1.807, 2.05) is 36.4 Å². The zero-order valence-electron chi connectivity index (χ0n) is 17.5. The number of aliphatic hydroxyl groups is 3. The van der Waals surface area contributed by atoms with Crippen molar-refractivity contribution in [3.8, 4) is 5.75 Å². The average molecular weight is 449 g/mol. The van der Waals surface area contributed by atoms with Crippen molar-refractivity contribution in [2.75, 3.05) is 19.8 Å². The van der Waals surface area contributed by atoms with Gasteiger partial charge in [-0.15, -0.1) is 0 Å². The molecular formula is C24H29ClO6. The molecule has 3 N–H and O–H groups in total. The van der Waals surface area contributed by atoms with Gasteiger partial charge >= 0.3 is 0 Å². The van der Waals surface area contributed by atoms with Crippen LogP contribution in [-0.2, 0) is 15.9 Å². The Morgan fingerprint density at radius 2 is 1.87 bits per heavy atom. The molecule has 0 amide bonds. The second-order valence-corrected chi connectivity index (χ2v) is 8.80. The number of halogens is 1. The van der Waals surface area contributed by atoms with Gasteiger partial charge in [-0.2, -0.15) is 0 Å². The minimum Gasteiger partial charge on any atom is -0.488 e. The van der Waals surface area contributed by atoms with E-state index in [9.17, 15) is 15.3 Å². The quantitative estimate of drug-likeness (QED) is 0.629. The van der Waals surface area contributed by atoms with E-state index in [1.54, 1.807) is 13.0 Å². The van der Waals surface area contributed by atoms with Crippen LogP contribution in [0.4, 0.5) is 0 Å². The fourth-order valence-electron chi connectivity index (χ4n) is 4.20. The largest absolute Gasteiger partial charge is 0.488 e. The third-order valence-corrected chi connectivity index (χ3v) is 6.55. The van der Waals surface area contributed by atoms with Crippen LogP contribution in [0.2, 0.25) is 5.02 Å². The van der Waals surface area contributed by atoms with E-state index in [-0.39, 0.29) is 12.7 Å². The van der Waals surface area contributed by atoms with Gasteiger partial charge in [0, 0.05) is 17.4 Å².